The van der Waals surface area contributed by atoms with Crippen LogP contribution in [0.1, 0.15) is 24.7 Å². The van der Waals surface area contributed by atoms with E-state index >= 15 is 0 Å². The molecular formula is C10H12N4S. The molecule has 0 aliphatic carbocycles. The van der Waals surface area contributed by atoms with Gasteiger partial charge in [-0.25, -0.2) is 4.98 Å². The summed E-state index contributed by atoms with van der Waals surface area (Å²) in [4.78, 5) is 4.51. The first-order valence-corrected chi connectivity index (χ1v) is 6.06. The van der Waals surface area contributed by atoms with E-state index in [9.17, 15) is 0 Å². The Morgan fingerprint density at radius 1 is 1.47 bits per heavy atom. The van der Waals surface area contributed by atoms with Gasteiger partial charge in [0.25, 0.3) is 0 Å². The molecule has 1 unspecified atom stereocenters. The van der Waals surface area contributed by atoms with Crippen LogP contribution in [0.5, 0.6) is 0 Å². The highest BCUT2D eigenvalue weighted by atomic mass is 32.1. The lowest BCUT2D eigenvalue weighted by molar-refractivity contribution is 0.608. The minimum absolute atomic E-state index is 0.366. The molecule has 0 spiro atoms. The molecular weight excluding hydrogens is 208 g/mol. The topological polar surface area (TPSA) is 53.6 Å². The van der Waals surface area contributed by atoms with Crippen LogP contribution >= 0.6 is 11.3 Å². The number of aromatic nitrogens is 3. The minimum atomic E-state index is 0.366. The summed E-state index contributed by atoms with van der Waals surface area (Å²) in [6.45, 7) is 1.08. The molecule has 1 aliphatic rings. The highest BCUT2D eigenvalue weighted by Gasteiger charge is 2.20. The third-order valence-corrected chi connectivity index (χ3v) is 3.36. The standard InChI is InChI=1S/C10H12N4S/c1-2-8(11-4-1)10-12-9(13-14-10)7-3-5-15-6-7/h3,5-6,8,11H,1-2,4H2,(H,12,13,14). The summed E-state index contributed by atoms with van der Waals surface area (Å²) >= 11 is 1.67. The Kier molecular flexibility index (Phi) is 2.26. The molecule has 1 fully saturated rings. The first kappa shape index (κ1) is 9.06. The minimum Gasteiger partial charge on any atom is -0.307 e. The predicted octanol–water partition coefficient (Wildman–Crippen LogP) is 1.96. The van der Waals surface area contributed by atoms with Crippen molar-refractivity contribution in [2.45, 2.75) is 18.9 Å². The summed E-state index contributed by atoms with van der Waals surface area (Å²) in [5.74, 6) is 1.77. The van der Waals surface area contributed by atoms with Gasteiger partial charge in [0.1, 0.15) is 5.82 Å². The van der Waals surface area contributed by atoms with E-state index in [1.165, 1.54) is 6.42 Å². The molecule has 2 aromatic rings. The van der Waals surface area contributed by atoms with Crippen molar-refractivity contribution >= 4 is 11.3 Å². The van der Waals surface area contributed by atoms with E-state index < -0.39 is 0 Å². The summed E-state index contributed by atoms with van der Waals surface area (Å²) in [7, 11) is 0. The number of nitrogens with one attached hydrogen (secondary N) is 2. The number of nitrogens with zero attached hydrogens (tertiary/aromatic N) is 2. The second kappa shape index (κ2) is 3.75. The lowest BCUT2D eigenvalue weighted by Crippen LogP contribution is -2.14. The van der Waals surface area contributed by atoms with Gasteiger partial charge < -0.3 is 5.32 Å². The fraction of sp³-hybridized carbons (Fsp3) is 0.400. The van der Waals surface area contributed by atoms with E-state index in [1.54, 1.807) is 11.3 Å². The van der Waals surface area contributed by atoms with Gasteiger partial charge in [0.05, 0.1) is 6.04 Å². The number of hydrogen-bond acceptors (Lipinski definition) is 4. The second-order valence-electron chi connectivity index (χ2n) is 3.71. The largest absolute Gasteiger partial charge is 0.307 e. The van der Waals surface area contributed by atoms with E-state index in [0.29, 0.717) is 6.04 Å². The van der Waals surface area contributed by atoms with E-state index in [2.05, 4.69) is 25.9 Å². The van der Waals surface area contributed by atoms with Gasteiger partial charge in [-0.3, -0.25) is 5.10 Å². The van der Waals surface area contributed by atoms with Crippen LogP contribution in [0.4, 0.5) is 0 Å². The zero-order chi connectivity index (χ0) is 10.1. The molecule has 15 heavy (non-hydrogen) atoms. The third kappa shape index (κ3) is 1.68. The highest BCUT2D eigenvalue weighted by molar-refractivity contribution is 7.08. The van der Waals surface area contributed by atoms with Crippen LogP contribution in [0, 0.1) is 0 Å². The lowest BCUT2D eigenvalue weighted by Gasteiger charge is -2.03. The fourth-order valence-electron chi connectivity index (χ4n) is 1.87. The summed E-state index contributed by atoms with van der Waals surface area (Å²) in [6.07, 6.45) is 2.37. The van der Waals surface area contributed by atoms with Gasteiger partial charge >= 0.3 is 0 Å². The average Bonchev–Trinajstić information content (AvgIpc) is 3.02. The number of H-pyrrole nitrogens is 1. The number of aromatic amines is 1. The Bertz CT molecular complexity index is 428. The van der Waals surface area contributed by atoms with Crippen LogP contribution in [0.25, 0.3) is 11.4 Å². The van der Waals surface area contributed by atoms with Gasteiger partial charge in [-0.2, -0.15) is 16.4 Å². The fourth-order valence-corrected chi connectivity index (χ4v) is 2.50. The van der Waals surface area contributed by atoms with E-state index in [0.717, 1.165) is 30.2 Å². The highest BCUT2D eigenvalue weighted by Crippen LogP contribution is 2.23. The van der Waals surface area contributed by atoms with Gasteiger partial charge in [0.15, 0.2) is 5.82 Å². The van der Waals surface area contributed by atoms with E-state index in [-0.39, 0.29) is 0 Å². The maximum Gasteiger partial charge on any atom is 0.182 e. The van der Waals surface area contributed by atoms with E-state index in [4.69, 9.17) is 0 Å². The van der Waals surface area contributed by atoms with Crippen LogP contribution in [0.2, 0.25) is 0 Å². The molecule has 0 aromatic carbocycles. The maximum atomic E-state index is 4.51. The van der Waals surface area contributed by atoms with Crippen molar-refractivity contribution in [3.8, 4) is 11.4 Å². The van der Waals surface area contributed by atoms with Crippen LogP contribution < -0.4 is 5.32 Å². The van der Waals surface area contributed by atoms with Gasteiger partial charge in [0, 0.05) is 10.9 Å². The van der Waals surface area contributed by atoms with Crippen molar-refractivity contribution in [2.24, 2.45) is 0 Å². The first-order chi connectivity index (χ1) is 7.43. The number of rotatable bonds is 2. The van der Waals surface area contributed by atoms with Crippen molar-refractivity contribution in [3.63, 3.8) is 0 Å². The predicted molar refractivity (Wildman–Crippen MR) is 59.7 cm³/mol. The number of thiophene rings is 1. The van der Waals surface area contributed by atoms with Crippen molar-refractivity contribution in [2.75, 3.05) is 6.54 Å². The summed E-state index contributed by atoms with van der Waals surface area (Å²) in [5.41, 5.74) is 1.10. The molecule has 2 N–H and O–H groups in total. The van der Waals surface area contributed by atoms with Crippen LogP contribution in [-0.2, 0) is 0 Å². The molecule has 0 radical (unpaired) electrons. The molecule has 3 rings (SSSR count). The third-order valence-electron chi connectivity index (χ3n) is 2.67. The Hall–Kier alpha value is -1.20. The SMILES string of the molecule is c1cc(-c2n[nH]c(C3CCCN3)n2)cs1. The summed E-state index contributed by atoms with van der Waals surface area (Å²) < 4.78 is 0. The van der Waals surface area contributed by atoms with Crippen molar-refractivity contribution < 1.29 is 0 Å². The molecule has 4 nitrogen and oxygen atoms in total. The molecule has 0 bridgehead atoms. The van der Waals surface area contributed by atoms with Crippen LogP contribution in [0.3, 0.4) is 0 Å². The number of hydrogen-bond donors (Lipinski definition) is 2. The lowest BCUT2D eigenvalue weighted by atomic mass is 10.2. The van der Waals surface area contributed by atoms with Gasteiger partial charge in [-0.05, 0) is 30.8 Å². The second-order valence-corrected chi connectivity index (χ2v) is 4.49. The molecule has 78 valence electrons. The molecule has 2 aromatic heterocycles. The molecule has 3 heterocycles. The first-order valence-electron chi connectivity index (χ1n) is 5.12. The Morgan fingerprint density at radius 3 is 3.20 bits per heavy atom. The Balaban J connectivity index is 1.87. The van der Waals surface area contributed by atoms with Crippen molar-refractivity contribution in [1.82, 2.24) is 20.5 Å². The molecule has 1 saturated heterocycles. The van der Waals surface area contributed by atoms with Crippen molar-refractivity contribution in [3.05, 3.63) is 22.7 Å². The van der Waals surface area contributed by atoms with Crippen LogP contribution in [-0.4, -0.2) is 21.7 Å². The maximum absolute atomic E-state index is 4.51. The normalized spacial score (nSPS) is 20.9. The van der Waals surface area contributed by atoms with Crippen LogP contribution in [0.15, 0.2) is 16.8 Å². The summed E-state index contributed by atoms with van der Waals surface area (Å²) in [6, 6.07) is 2.41. The van der Waals surface area contributed by atoms with Gasteiger partial charge in [-0.1, -0.05) is 0 Å². The zero-order valence-electron chi connectivity index (χ0n) is 8.23. The zero-order valence-corrected chi connectivity index (χ0v) is 9.05. The molecule has 5 heteroatoms. The molecule has 0 amide bonds. The van der Waals surface area contributed by atoms with Gasteiger partial charge in [-0.15, -0.1) is 0 Å². The monoisotopic (exact) mass is 220 g/mol. The van der Waals surface area contributed by atoms with Crippen molar-refractivity contribution in [1.29, 1.82) is 0 Å². The summed E-state index contributed by atoms with van der Waals surface area (Å²) in [5, 5.41) is 14.8. The average molecular weight is 220 g/mol. The Morgan fingerprint density at radius 2 is 2.47 bits per heavy atom. The molecule has 0 saturated carbocycles. The molecule has 1 aliphatic heterocycles. The molecule has 1 atom stereocenters. The Labute approximate surface area is 91.7 Å². The van der Waals surface area contributed by atoms with E-state index in [1.807, 2.05) is 11.4 Å². The van der Waals surface area contributed by atoms with Gasteiger partial charge in [0.2, 0.25) is 0 Å². The quantitative estimate of drug-likeness (QED) is 0.813. The smallest absolute Gasteiger partial charge is 0.182 e.